The van der Waals surface area contributed by atoms with Gasteiger partial charge in [-0.15, -0.1) is 0 Å². The number of amides is 6. The highest BCUT2D eigenvalue weighted by Crippen LogP contribution is 2.38. The Morgan fingerprint density at radius 2 is 0.779 bits per heavy atom. The minimum atomic E-state index is -4.44. The third-order valence-corrected chi connectivity index (χ3v) is 21.0. The Morgan fingerprint density at radius 1 is 0.451 bits per heavy atom. The molecule has 113 heavy (non-hydrogen) atoms. The number of aryl methyl sites for hydroxylation is 3. The number of piperazine rings is 3. The molecular formula is C83H92F4N20O6. The molecule has 0 radical (unpaired) electrons. The number of imidazole rings is 5. The van der Waals surface area contributed by atoms with Crippen molar-refractivity contribution in [3.05, 3.63) is 196 Å². The van der Waals surface area contributed by atoms with Gasteiger partial charge >= 0.3 is 6.18 Å². The molecule has 4 aliphatic rings. The number of carbonyl (C=O) groups is 6. The van der Waals surface area contributed by atoms with Crippen LogP contribution in [-0.4, -0.2) is 187 Å². The molecule has 0 spiro atoms. The molecule has 6 amide bonds. The van der Waals surface area contributed by atoms with Crippen LogP contribution in [-0.2, 0) is 36.8 Å². The lowest BCUT2D eigenvalue weighted by molar-refractivity contribution is -0.143. The molecule has 26 nitrogen and oxygen atoms in total. The fourth-order valence-corrected chi connectivity index (χ4v) is 14.4. The van der Waals surface area contributed by atoms with Crippen LogP contribution in [0.15, 0.2) is 139 Å². The molecule has 12 heterocycles. The van der Waals surface area contributed by atoms with E-state index in [-0.39, 0.29) is 63.3 Å². The number of hydrogen-bond acceptors (Lipinski definition) is 15. The molecular weight excluding hydrogens is 1450 g/mol. The highest BCUT2D eigenvalue weighted by molar-refractivity contribution is 6.07. The minimum Gasteiger partial charge on any atom is -0.329 e. The van der Waals surface area contributed by atoms with Gasteiger partial charge in [-0.25, -0.2) is 42.9 Å². The number of rotatable bonds is 9. The van der Waals surface area contributed by atoms with Crippen molar-refractivity contribution in [2.24, 2.45) is 4.99 Å². The predicted molar refractivity (Wildman–Crippen MR) is 421 cm³/mol. The Morgan fingerprint density at radius 3 is 1.09 bits per heavy atom. The molecule has 588 valence electrons. The van der Waals surface area contributed by atoms with Gasteiger partial charge in [0.1, 0.15) is 62.8 Å². The van der Waals surface area contributed by atoms with Gasteiger partial charge in [-0.05, 0) is 139 Å². The highest BCUT2D eigenvalue weighted by atomic mass is 19.4. The summed E-state index contributed by atoms with van der Waals surface area (Å²) in [4.78, 5) is 124. The largest absolute Gasteiger partial charge is 0.416 e. The van der Waals surface area contributed by atoms with Crippen LogP contribution in [0.2, 0.25) is 0 Å². The number of aromatic nitrogens is 13. The first-order chi connectivity index (χ1) is 52.9. The van der Waals surface area contributed by atoms with Crippen molar-refractivity contribution in [3.8, 4) is 33.8 Å². The van der Waals surface area contributed by atoms with Gasteiger partial charge in [0.25, 0.3) is 35.4 Å². The molecule has 0 bridgehead atoms. The summed E-state index contributed by atoms with van der Waals surface area (Å²) in [7, 11) is 0. The summed E-state index contributed by atoms with van der Waals surface area (Å²) in [5.41, 5.74) is 6.10. The van der Waals surface area contributed by atoms with Gasteiger partial charge in [0.05, 0.1) is 65.9 Å². The third-order valence-electron chi connectivity index (χ3n) is 21.0. The summed E-state index contributed by atoms with van der Waals surface area (Å²) in [6, 6.07) is 24.9. The number of alkyl halides is 3. The van der Waals surface area contributed by atoms with Crippen molar-refractivity contribution >= 4 is 70.2 Å². The minimum absolute atomic E-state index is 0.133. The molecule has 0 saturated carbocycles. The number of aromatic amines is 2. The van der Waals surface area contributed by atoms with Gasteiger partial charge in [0.2, 0.25) is 0 Å². The number of H-pyrrole nitrogens is 2. The van der Waals surface area contributed by atoms with Crippen LogP contribution in [0.1, 0.15) is 175 Å². The number of fused-ring (bicyclic) bond motifs is 3. The van der Waals surface area contributed by atoms with E-state index >= 15 is 0 Å². The van der Waals surface area contributed by atoms with E-state index in [1.54, 1.807) is 124 Å². The molecule has 15 rings (SSSR count). The fourth-order valence-electron chi connectivity index (χ4n) is 14.4. The van der Waals surface area contributed by atoms with Gasteiger partial charge < -0.3 is 29.6 Å². The first-order valence-electron chi connectivity index (χ1n) is 37.3. The monoisotopic (exact) mass is 1540 g/mol. The van der Waals surface area contributed by atoms with Crippen LogP contribution in [0.25, 0.3) is 50.7 Å². The summed E-state index contributed by atoms with van der Waals surface area (Å²) in [5.74, 6) is 0.765. The lowest BCUT2D eigenvalue weighted by Crippen LogP contribution is -2.65. The van der Waals surface area contributed by atoms with E-state index in [0.717, 1.165) is 57.2 Å². The maximum absolute atomic E-state index is 13.8. The molecule has 3 aromatic carbocycles. The Labute approximate surface area is 651 Å². The van der Waals surface area contributed by atoms with Crippen molar-refractivity contribution < 1.29 is 46.3 Å². The van der Waals surface area contributed by atoms with Crippen LogP contribution in [0.3, 0.4) is 0 Å². The van der Waals surface area contributed by atoms with Gasteiger partial charge in [-0.3, -0.25) is 43.6 Å². The molecule has 3 saturated heterocycles. The smallest absolute Gasteiger partial charge is 0.329 e. The molecule has 0 atom stereocenters. The van der Waals surface area contributed by atoms with E-state index in [9.17, 15) is 46.3 Å². The predicted octanol–water partition coefficient (Wildman–Crippen LogP) is 13.2. The summed E-state index contributed by atoms with van der Waals surface area (Å²) < 4.78 is 57.5. The number of nitrogens with zero attached hydrogens (tertiary/aromatic N) is 18. The van der Waals surface area contributed by atoms with Gasteiger partial charge in [-0.2, -0.15) is 28.5 Å². The van der Waals surface area contributed by atoms with Crippen molar-refractivity contribution in [3.63, 3.8) is 0 Å². The Kier molecular flexibility index (Phi) is 20.2. The number of hydrogen-bond donors (Lipinski definition) is 2. The van der Waals surface area contributed by atoms with E-state index in [1.165, 1.54) is 45.4 Å². The maximum atomic E-state index is 13.8. The van der Waals surface area contributed by atoms with E-state index < -0.39 is 39.7 Å². The highest BCUT2D eigenvalue weighted by Gasteiger charge is 2.49. The standard InChI is InChI=1S/C28H29F3N6O2.C28H33N7O2.C27H30FN7O2/c1-26(2,3)20-14-21(17-6-8-18(9-7-17)28(29,30)31)34-37-16-22(33-23(20)37)24(38)36-13-12-35(19-10-11-32-15-19)25(39)27(36,4)5;1-17-8-10-19(11-9-17)21-14-20(27(3,4)5)24-31-22(16-35(24)32-21)25(36)34-13-12-33(26(37)28(34,6)7)23-15-29-18(2)30-23;1-16-29-14-22(30-16)33-11-12-34(27(5,6)25(33)37)24(36)21-15-35-23(31-21)19(26(2,3)4)13-20(32-35)17-7-9-18(28)10-8-17/h6-10,14-16H,11-13H2,1-5H3;8-11,14-16H,12-13H2,1-7H3,(H,29,30);7-10,13-15H,11-12H2,1-6H3,(H,29,30). The summed E-state index contributed by atoms with van der Waals surface area (Å²) in [6.45, 7) is 37.2. The second-order valence-corrected chi connectivity index (χ2v) is 33.5. The first-order valence-corrected chi connectivity index (χ1v) is 37.3. The van der Waals surface area contributed by atoms with Crippen molar-refractivity contribution in [2.75, 3.05) is 55.6 Å². The number of carbonyl (C=O) groups excluding carboxylic acids is 6. The lowest BCUT2D eigenvalue weighted by atomic mass is 9.87. The average Bonchev–Trinajstić information content (AvgIpc) is 1.71. The zero-order valence-electron chi connectivity index (χ0n) is 66.7. The maximum Gasteiger partial charge on any atom is 0.416 e. The fraction of sp³-hybridized carbons (Fsp3) is 0.386. The van der Waals surface area contributed by atoms with Gasteiger partial charge in [0, 0.05) is 78.9 Å². The topological polar surface area (TPSA) is 282 Å². The normalized spacial score (nSPS) is 16.6. The zero-order valence-corrected chi connectivity index (χ0v) is 66.7. The lowest BCUT2D eigenvalue weighted by Gasteiger charge is -2.45. The number of nitrogens with one attached hydrogen (secondary N) is 2. The zero-order chi connectivity index (χ0) is 81.7. The first kappa shape index (κ1) is 79.0. The van der Waals surface area contributed by atoms with Crippen LogP contribution < -0.4 is 9.80 Å². The second-order valence-electron chi connectivity index (χ2n) is 33.5. The Hall–Kier alpha value is -12.1. The summed E-state index contributed by atoms with van der Waals surface area (Å²) in [6.07, 6.45) is 7.17. The molecule has 0 aliphatic carbocycles. The number of allylic oxidation sites excluding steroid dienone is 1. The third kappa shape index (κ3) is 15.3. The van der Waals surface area contributed by atoms with Crippen molar-refractivity contribution in [2.45, 2.75) is 164 Å². The molecule has 8 aromatic heterocycles. The average molecular weight is 1540 g/mol. The molecule has 3 fully saturated rings. The van der Waals surface area contributed by atoms with Crippen LogP contribution in [0.4, 0.5) is 29.2 Å². The molecule has 30 heteroatoms. The quantitative estimate of drug-likeness (QED) is 0.127. The van der Waals surface area contributed by atoms with E-state index in [0.29, 0.717) is 97.2 Å². The summed E-state index contributed by atoms with van der Waals surface area (Å²) >= 11 is 0. The molecule has 11 aromatic rings. The molecule has 2 N–H and O–H groups in total. The molecule has 4 aliphatic heterocycles. The number of aliphatic imine (C=N–C) groups is 1. The van der Waals surface area contributed by atoms with Crippen molar-refractivity contribution in [1.82, 2.24) is 83.3 Å². The Balaban J connectivity index is 0.000000148. The van der Waals surface area contributed by atoms with E-state index in [2.05, 4.69) is 112 Å². The molecule has 0 unspecified atom stereocenters. The SMILES string of the molecule is CC(C)(C)c1cc(-c2ccc(C(F)(F)F)cc2)nn2cc(C(=O)N3CCN(C4=CCN=C4)C(=O)C3(C)C)nc12.Cc1ccc(-c2cc(C(C)(C)C)c3nc(C(=O)N4CCN(c5cnc(C)[nH]5)C(=O)C4(C)C)cn3n2)cc1.Cc1ncc(N2CCN(C(=O)c3cn4nc(-c5ccc(F)cc5)cc(C(C)(C)C)c4n3)C(C)(C)C2=O)[nH]1. The van der Waals surface area contributed by atoms with Crippen LogP contribution in [0.5, 0.6) is 0 Å². The van der Waals surface area contributed by atoms with Crippen LogP contribution >= 0.6 is 0 Å². The van der Waals surface area contributed by atoms with Gasteiger partial charge in [-0.1, -0.05) is 104 Å². The second kappa shape index (κ2) is 28.9. The van der Waals surface area contributed by atoms with Crippen LogP contribution in [0, 0.1) is 26.6 Å². The summed E-state index contributed by atoms with van der Waals surface area (Å²) in [5, 5.41) is 14.1. The van der Waals surface area contributed by atoms with E-state index in [4.69, 9.17) is 10.1 Å². The Bertz CT molecular complexity index is 5410. The number of anilines is 2. The number of benzene rings is 3. The van der Waals surface area contributed by atoms with E-state index in [1.807, 2.05) is 58.9 Å². The van der Waals surface area contributed by atoms with Crippen molar-refractivity contribution in [1.29, 1.82) is 0 Å². The van der Waals surface area contributed by atoms with Gasteiger partial charge in [0.15, 0.2) is 16.9 Å². The number of halogens is 4.